The highest BCUT2D eigenvalue weighted by molar-refractivity contribution is 6.11. The Hall–Kier alpha value is -3.67. The summed E-state index contributed by atoms with van der Waals surface area (Å²) in [5, 5.41) is 3.77. The molecule has 12 heteroatoms. The number of nitrogens with zero attached hydrogens (tertiary/aromatic N) is 5. The third kappa shape index (κ3) is 4.28. The van der Waals surface area contributed by atoms with Crippen molar-refractivity contribution in [2.45, 2.75) is 25.7 Å². The lowest BCUT2D eigenvalue weighted by atomic mass is 10.0. The second-order valence-corrected chi connectivity index (χ2v) is 7.68. The molecule has 9 nitrogen and oxygen atoms in total. The molecular weight excluding hydrogens is 455 g/mol. The highest BCUT2D eigenvalue weighted by Gasteiger charge is 2.41. The average molecular weight is 477 g/mol. The van der Waals surface area contributed by atoms with Crippen LogP contribution in [0.4, 0.5) is 18.9 Å². The van der Waals surface area contributed by atoms with Crippen molar-refractivity contribution in [1.29, 1.82) is 0 Å². The molecule has 0 bridgehead atoms. The van der Waals surface area contributed by atoms with E-state index in [1.807, 2.05) is 0 Å². The number of pyridine rings is 2. The van der Waals surface area contributed by atoms with Gasteiger partial charge in [0.2, 0.25) is 0 Å². The molecule has 0 radical (unpaired) electrons. The van der Waals surface area contributed by atoms with Gasteiger partial charge in [0.1, 0.15) is 12.6 Å². The molecule has 1 atom stereocenters. The summed E-state index contributed by atoms with van der Waals surface area (Å²) in [6, 6.07) is 2.82. The number of rotatable bonds is 7. The van der Waals surface area contributed by atoms with Gasteiger partial charge in [0.05, 0.1) is 49.7 Å². The van der Waals surface area contributed by atoms with Crippen LogP contribution < -0.4 is 14.4 Å². The summed E-state index contributed by atoms with van der Waals surface area (Å²) in [6.07, 6.45) is -0.439. The van der Waals surface area contributed by atoms with E-state index in [1.165, 1.54) is 38.6 Å². The molecule has 3 aromatic heterocycles. The number of hydrogen-bond donors (Lipinski definition) is 0. The number of ether oxygens (including phenoxy) is 3. The predicted octanol–water partition coefficient (Wildman–Crippen LogP) is 3.58. The Bertz CT molecular complexity index is 1230. The molecule has 34 heavy (non-hydrogen) atoms. The molecule has 0 aliphatic carbocycles. The minimum absolute atomic E-state index is 0.0866. The molecule has 3 aromatic rings. The highest BCUT2D eigenvalue weighted by atomic mass is 19.4. The summed E-state index contributed by atoms with van der Waals surface area (Å²) in [5.74, 6) is 0.354. The van der Waals surface area contributed by atoms with Crippen molar-refractivity contribution in [3.05, 3.63) is 47.5 Å². The van der Waals surface area contributed by atoms with Crippen LogP contribution in [0.1, 0.15) is 27.7 Å². The predicted molar refractivity (Wildman–Crippen MR) is 115 cm³/mol. The Morgan fingerprint density at radius 1 is 1.12 bits per heavy atom. The Morgan fingerprint density at radius 3 is 2.53 bits per heavy atom. The molecule has 180 valence electrons. The normalized spacial score (nSPS) is 15.6. The number of alkyl halides is 3. The maximum absolute atomic E-state index is 13.4. The zero-order chi connectivity index (χ0) is 24.6. The van der Waals surface area contributed by atoms with Crippen LogP contribution in [0, 0.1) is 6.92 Å². The van der Waals surface area contributed by atoms with E-state index in [2.05, 4.69) is 10.1 Å². The number of amides is 1. The number of fused-ring (bicyclic) bond motifs is 1. The molecule has 1 aliphatic rings. The maximum atomic E-state index is 13.4. The second-order valence-electron chi connectivity index (χ2n) is 7.68. The molecule has 0 saturated carbocycles. The van der Waals surface area contributed by atoms with Gasteiger partial charge in [-0.15, -0.1) is 0 Å². The van der Waals surface area contributed by atoms with Crippen molar-refractivity contribution in [1.82, 2.24) is 19.7 Å². The Kier molecular flexibility index (Phi) is 6.17. The van der Waals surface area contributed by atoms with E-state index in [0.29, 0.717) is 39.7 Å². The van der Waals surface area contributed by atoms with E-state index in [9.17, 15) is 18.0 Å². The summed E-state index contributed by atoms with van der Waals surface area (Å²) in [7, 11) is 4.45. The number of methoxy groups -OCH3 is 3. The fourth-order valence-corrected chi connectivity index (χ4v) is 3.98. The molecule has 4 rings (SSSR count). The number of carbonyl (C=O) groups is 1. The fourth-order valence-electron chi connectivity index (χ4n) is 3.98. The first-order valence-electron chi connectivity index (χ1n) is 10.2. The van der Waals surface area contributed by atoms with E-state index < -0.39 is 18.8 Å². The number of halogens is 3. The smallest absolute Gasteiger partial charge is 0.408 e. The molecule has 1 aliphatic heterocycles. The first-order chi connectivity index (χ1) is 16.2. The average Bonchev–Trinajstić information content (AvgIpc) is 3.34. The van der Waals surface area contributed by atoms with Crippen LogP contribution in [0.25, 0.3) is 11.3 Å². The zero-order valence-electron chi connectivity index (χ0n) is 18.9. The minimum atomic E-state index is -4.44. The van der Waals surface area contributed by atoms with E-state index in [4.69, 9.17) is 19.2 Å². The first kappa shape index (κ1) is 23.5. The summed E-state index contributed by atoms with van der Waals surface area (Å²) >= 11 is 0. The largest absolute Gasteiger partial charge is 0.491 e. The van der Waals surface area contributed by atoms with Gasteiger partial charge in [-0.05, 0) is 24.6 Å². The maximum Gasteiger partial charge on any atom is 0.408 e. The van der Waals surface area contributed by atoms with Crippen LogP contribution in [0.5, 0.6) is 11.6 Å². The highest BCUT2D eigenvalue weighted by Crippen LogP contribution is 2.40. The number of aryl methyl sites for hydroxylation is 1. The van der Waals surface area contributed by atoms with Crippen molar-refractivity contribution in [3.63, 3.8) is 0 Å². The summed E-state index contributed by atoms with van der Waals surface area (Å²) in [5.41, 5.74) is 2.91. The topological polar surface area (TPSA) is 91.6 Å². The van der Waals surface area contributed by atoms with E-state index >= 15 is 0 Å². The van der Waals surface area contributed by atoms with Gasteiger partial charge >= 0.3 is 6.18 Å². The summed E-state index contributed by atoms with van der Waals surface area (Å²) in [6.45, 7) is 0.602. The molecule has 1 amide bonds. The molecule has 0 fully saturated rings. The van der Waals surface area contributed by atoms with E-state index in [-0.39, 0.29) is 18.2 Å². The Balaban J connectivity index is 1.77. The second kappa shape index (κ2) is 8.93. The van der Waals surface area contributed by atoms with Crippen molar-refractivity contribution in [3.8, 4) is 22.9 Å². The quantitative estimate of drug-likeness (QED) is 0.514. The summed E-state index contributed by atoms with van der Waals surface area (Å²) < 4.78 is 54.9. The zero-order valence-corrected chi connectivity index (χ0v) is 18.9. The molecular formula is C22H22F3N5O4. The van der Waals surface area contributed by atoms with Crippen molar-refractivity contribution < 1.29 is 32.2 Å². The fraction of sp³-hybridized carbons (Fsp3) is 0.364. The van der Waals surface area contributed by atoms with Crippen molar-refractivity contribution >= 4 is 11.6 Å². The van der Waals surface area contributed by atoms with Gasteiger partial charge in [-0.25, -0.2) is 9.97 Å². The van der Waals surface area contributed by atoms with Gasteiger partial charge in [0.25, 0.3) is 11.8 Å². The minimum Gasteiger partial charge on any atom is -0.491 e. The lowest BCUT2D eigenvalue weighted by Crippen LogP contribution is -2.30. The van der Waals surface area contributed by atoms with Crippen LogP contribution in [0.2, 0.25) is 0 Å². The van der Waals surface area contributed by atoms with Crippen molar-refractivity contribution in [2.24, 2.45) is 0 Å². The third-order valence-corrected chi connectivity index (χ3v) is 5.40. The molecule has 0 spiro atoms. The number of aromatic nitrogens is 4. The van der Waals surface area contributed by atoms with Gasteiger partial charge in [-0.2, -0.15) is 18.3 Å². The van der Waals surface area contributed by atoms with Crippen LogP contribution in [0.15, 0.2) is 30.7 Å². The van der Waals surface area contributed by atoms with Gasteiger partial charge in [0.15, 0.2) is 5.75 Å². The summed E-state index contributed by atoms with van der Waals surface area (Å²) in [4.78, 5) is 23.7. The molecule has 0 saturated heterocycles. The molecule has 4 heterocycles. The van der Waals surface area contributed by atoms with Gasteiger partial charge in [-0.1, -0.05) is 0 Å². The number of hydrogen-bond acceptors (Lipinski definition) is 7. The third-order valence-electron chi connectivity index (χ3n) is 5.40. The molecule has 0 N–H and O–H groups in total. The van der Waals surface area contributed by atoms with Gasteiger partial charge in [0, 0.05) is 25.1 Å². The number of carbonyl (C=O) groups excluding carboxylic acids is 1. The monoisotopic (exact) mass is 477 g/mol. The standard InChI is InChI=1S/C22H22F3N5O4/c1-12-5-15(13-6-17(33-3)20(34-4)26-7-13)28-19-16(10-32-2)30(21(31)18(12)19)14-8-27-29(9-14)11-22(23,24)25/h5-9,16H,10-11H2,1-4H3/t16-/m1/s1. The SMILES string of the molecule is COC[C@@H]1c2nc(-c3cnc(OC)c(OC)c3)cc(C)c2C(=O)N1c1cnn(CC(F)(F)F)c1. The lowest BCUT2D eigenvalue weighted by molar-refractivity contribution is -0.142. The number of anilines is 1. The lowest BCUT2D eigenvalue weighted by Gasteiger charge is -2.22. The molecule has 0 aromatic carbocycles. The van der Waals surface area contributed by atoms with Gasteiger partial charge < -0.3 is 14.2 Å². The van der Waals surface area contributed by atoms with E-state index in [0.717, 1.165) is 4.68 Å². The van der Waals surface area contributed by atoms with Gasteiger partial charge in [-0.3, -0.25) is 14.4 Å². The van der Waals surface area contributed by atoms with Crippen LogP contribution in [0.3, 0.4) is 0 Å². The van der Waals surface area contributed by atoms with Crippen LogP contribution >= 0.6 is 0 Å². The Labute approximate surface area is 193 Å². The van der Waals surface area contributed by atoms with Crippen molar-refractivity contribution in [2.75, 3.05) is 32.8 Å². The van der Waals surface area contributed by atoms with Crippen LogP contribution in [-0.2, 0) is 11.3 Å². The molecule has 0 unspecified atom stereocenters. The first-order valence-corrected chi connectivity index (χ1v) is 10.2. The van der Waals surface area contributed by atoms with E-state index in [1.54, 1.807) is 25.3 Å². The van der Waals surface area contributed by atoms with Crippen LogP contribution in [-0.4, -0.2) is 59.8 Å². The Morgan fingerprint density at radius 2 is 1.88 bits per heavy atom.